The van der Waals surface area contributed by atoms with Gasteiger partial charge in [0, 0.05) is 11.8 Å². The monoisotopic (exact) mass is 306 g/mol. The van der Waals surface area contributed by atoms with Crippen molar-refractivity contribution in [3.63, 3.8) is 0 Å². The van der Waals surface area contributed by atoms with E-state index in [4.69, 9.17) is 16.7 Å². The van der Waals surface area contributed by atoms with Gasteiger partial charge in [-0.25, -0.2) is 9.67 Å². The number of rotatable bonds is 2. The zero-order chi connectivity index (χ0) is 14.9. The molecule has 0 N–H and O–H groups in total. The van der Waals surface area contributed by atoms with Gasteiger partial charge in [-0.3, -0.25) is 0 Å². The normalized spacial score (nSPS) is 11.0. The summed E-state index contributed by atoms with van der Waals surface area (Å²) in [6.45, 7) is 0. The minimum absolute atomic E-state index is 0.212. The molecule has 106 valence electrons. The van der Waals surface area contributed by atoms with Crippen molar-refractivity contribution in [1.82, 2.24) is 19.7 Å². The second-order valence-electron chi connectivity index (χ2n) is 4.84. The van der Waals surface area contributed by atoms with Gasteiger partial charge in [0.1, 0.15) is 5.69 Å². The standard InChI is InChI=1S/C17H11ClN4/c18-17-19-11-14-15(12-7-3-1-4-8-12)21-22(16(14)20-17)13-9-5-2-6-10-13/h1-11H. The van der Waals surface area contributed by atoms with Crippen LogP contribution < -0.4 is 0 Å². The van der Waals surface area contributed by atoms with Crippen molar-refractivity contribution < 1.29 is 0 Å². The summed E-state index contributed by atoms with van der Waals surface area (Å²) in [6.07, 6.45) is 1.72. The Kier molecular flexibility index (Phi) is 3.09. The Balaban J connectivity index is 2.04. The molecule has 2 aromatic carbocycles. The SMILES string of the molecule is Clc1ncc2c(-c3ccccc3)nn(-c3ccccc3)c2n1. The highest BCUT2D eigenvalue weighted by molar-refractivity contribution is 6.28. The molecular weight excluding hydrogens is 296 g/mol. The Labute approximate surface area is 132 Å². The van der Waals surface area contributed by atoms with Crippen LogP contribution in [-0.4, -0.2) is 19.7 Å². The van der Waals surface area contributed by atoms with Crippen LogP contribution in [0.3, 0.4) is 0 Å². The molecule has 0 radical (unpaired) electrons. The van der Waals surface area contributed by atoms with Crippen LogP contribution in [0.2, 0.25) is 5.28 Å². The van der Waals surface area contributed by atoms with Gasteiger partial charge in [0.2, 0.25) is 5.28 Å². The third-order valence-corrected chi connectivity index (χ3v) is 3.63. The molecule has 4 nitrogen and oxygen atoms in total. The van der Waals surface area contributed by atoms with E-state index >= 15 is 0 Å². The maximum atomic E-state index is 5.97. The van der Waals surface area contributed by atoms with Crippen molar-refractivity contribution in [1.29, 1.82) is 0 Å². The molecule has 0 unspecified atom stereocenters. The molecule has 0 aliphatic heterocycles. The van der Waals surface area contributed by atoms with E-state index in [0.29, 0.717) is 5.65 Å². The van der Waals surface area contributed by atoms with Gasteiger partial charge >= 0.3 is 0 Å². The lowest BCUT2D eigenvalue weighted by atomic mass is 10.1. The lowest BCUT2D eigenvalue weighted by Gasteiger charge is -2.01. The summed E-state index contributed by atoms with van der Waals surface area (Å²) in [6, 6.07) is 19.9. The fourth-order valence-corrected chi connectivity index (χ4v) is 2.57. The fraction of sp³-hybridized carbons (Fsp3) is 0. The highest BCUT2D eigenvalue weighted by Gasteiger charge is 2.15. The van der Waals surface area contributed by atoms with Crippen molar-refractivity contribution in [2.45, 2.75) is 0 Å². The van der Waals surface area contributed by atoms with E-state index in [1.54, 1.807) is 10.9 Å². The minimum Gasteiger partial charge on any atom is -0.226 e. The third kappa shape index (κ3) is 2.14. The summed E-state index contributed by atoms with van der Waals surface area (Å²) in [5, 5.41) is 5.81. The van der Waals surface area contributed by atoms with E-state index in [2.05, 4.69) is 9.97 Å². The van der Waals surface area contributed by atoms with Crippen molar-refractivity contribution in [2.75, 3.05) is 0 Å². The van der Waals surface area contributed by atoms with Crippen LogP contribution in [0.4, 0.5) is 0 Å². The van der Waals surface area contributed by atoms with E-state index in [1.807, 2.05) is 60.7 Å². The fourth-order valence-electron chi connectivity index (χ4n) is 2.44. The van der Waals surface area contributed by atoms with Gasteiger partial charge in [0.25, 0.3) is 0 Å². The predicted octanol–water partition coefficient (Wildman–Crippen LogP) is 4.14. The highest BCUT2D eigenvalue weighted by Crippen LogP contribution is 2.28. The van der Waals surface area contributed by atoms with Gasteiger partial charge in [-0.2, -0.15) is 10.1 Å². The minimum atomic E-state index is 0.212. The number of benzene rings is 2. The average molecular weight is 307 g/mol. The van der Waals surface area contributed by atoms with E-state index in [0.717, 1.165) is 22.3 Å². The van der Waals surface area contributed by atoms with Crippen LogP contribution in [-0.2, 0) is 0 Å². The molecule has 0 spiro atoms. The Bertz CT molecular complexity index is 933. The summed E-state index contributed by atoms with van der Waals surface area (Å²) in [5.74, 6) is 0. The molecule has 2 aromatic heterocycles. The zero-order valence-electron chi connectivity index (χ0n) is 11.5. The Morgan fingerprint density at radius 3 is 2.27 bits per heavy atom. The molecule has 2 heterocycles. The first-order valence-corrected chi connectivity index (χ1v) is 7.23. The van der Waals surface area contributed by atoms with Crippen molar-refractivity contribution >= 4 is 22.6 Å². The van der Waals surface area contributed by atoms with E-state index in [9.17, 15) is 0 Å². The second-order valence-corrected chi connectivity index (χ2v) is 5.18. The van der Waals surface area contributed by atoms with Gasteiger partial charge < -0.3 is 0 Å². The topological polar surface area (TPSA) is 43.6 Å². The van der Waals surface area contributed by atoms with Crippen LogP contribution >= 0.6 is 11.6 Å². The van der Waals surface area contributed by atoms with Gasteiger partial charge in [0.15, 0.2) is 5.65 Å². The third-order valence-electron chi connectivity index (χ3n) is 3.44. The van der Waals surface area contributed by atoms with Gasteiger partial charge in [-0.15, -0.1) is 0 Å². The van der Waals surface area contributed by atoms with Crippen LogP contribution in [0.15, 0.2) is 66.9 Å². The lowest BCUT2D eigenvalue weighted by molar-refractivity contribution is 0.899. The van der Waals surface area contributed by atoms with Gasteiger partial charge in [-0.1, -0.05) is 48.5 Å². The van der Waals surface area contributed by atoms with E-state index in [-0.39, 0.29) is 5.28 Å². The second kappa shape index (κ2) is 5.24. The quantitative estimate of drug-likeness (QED) is 0.523. The maximum absolute atomic E-state index is 5.97. The smallest absolute Gasteiger partial charge is 0.224 e. The molecule has 0 amide bonds. The van der Waals surface area contributed by atoms with Crippen molar-refractivity contribution in [3.05, 3.63) is 72.1 Å². The molecule has 5 heteroatoms. The van der Waals surface area contributed by atoms with Crippen molar-refractivity contribution in [3.8, 4) is 16.9 Å². The Hall–Kier alpha value is -2.72. The summed E-state index contributed by atoms with van der Waals surface area (Å²) in [5.41, 5.74) is 3.50. The van der Waals surface area contributed by atoms with Crippen LogP contribution in [0.25, 0.3) is 28.0 Å². The average Bonchev–Trinajstić information content (AvgIpc) is 2.95. The number of halogens is 1. The largest absolute Gasteiger partial charge is 0.226 e. The molecule has 0 saturated heterocycles. The molecular formula is C17H11ClN4. The number of fused-ring (bicyclic) bond motifs is 1. The molecule has 0 aliphatic rings. The summed E-state index contributed by atoms with van der Waals surface area (Å²) in [7, 11) is 0. The first kappa shape index (κ1) is 13.0. The lowest BCUT2D eigenvalue weighted by Crippen LogP contribution is -1.97. The molecule has 0 saturated carbocycles. The first-order chi connectivity index (χ1) is 10.8. The molecule has 22 heavy (non-hydrogen) atoms. The van der Waals surface area contributed by atoms with Crippen LogP contribution in [0, 0.1) is 0 Å². The molecule has 0 bridgehead atoms. The number of hydrogen-bond acceptors (Lipinski definition) is 3. The maximum Gasteiger partial charge on any atom is 0.224 e. The molecule has 0 fully saturated rings. The predicted molar refractivity (Wildman–Crippen MR) is 87.1 cm³/mol. The molecule has 4 rings (SSSR count). The zero-order valence-corrected chi connectivity index (χ0v) is 12.3. The molecule has 0 atom stereocenters. The molecule has 4 aromatic rings. The van der Waals surface area contributed by atoms with Crippen molar-refractivity contribution in [2.24, 2.45) is 0 Å². The molecule has 0 aliphatic carbocycles. The number of nitrogens with zero attached hydrogens (tertiary/aromatic N) is 4. The Morgan fingerprint density at radius 2 is 1.55 bits per heavy atom. The summed E-state index contributed by atoms with van der Waals surface area (Å²) < 4.78 is 1.80. The first-order valence-electron chi connectivity index (χ1n) is 6.85. The van der Waals surface area contributed by atoms with Gasteiger partial charge in [0.05, 0.1) is 11.1 Å². The summed E-state index contributed by atoms with van der Waals surface area (Å²) in [4.78, 5) is 8.45. The number of para-hydroxylation sites is 1. The number of hydrogen-bond donors (Lipinski definition) is 0. The number of aromatic nitrogens is 4. The van der Waals surface area contributed by atoms with E-state index in [1.165, 1.54) is 0 Å². The van der Waals surface area contributed by atoms with Crippen LogP contribution in [0.5, 0.6) is 0 Å². The Morgan fingerprint density at radius 1 is 0.864 bits per heavy atom. The van der Waals surface area contributed by atoms with Gasteiger partial charge in [-0.05, 0) is 23.7 Å². The highest BCUT2D eigenvalue weighted by atomic mass is 35.5. The van der Waals surface area contributed by atoms with Crippen LogP contribution in [0.1, 0.15) is 0 Å². The summed E-state index contributed by atoms with van der Waals surface area (Å²) >= 11 is 5.97. The van der Waals surface area contributed by atoms with E-state index < -0.39 is 0 Å².